The minimum absolute atomic E-state index is 0.257. The molecule has 0 aliphatic heterocycles. The van der Waals surface area contributed by atoms with Gasteiger partial charge in [0.2, 0.25) is 5.88 Å². The summed E-state index contributed by atoms with van der Waals surface area (Å²) in [6, 6.07) is 13.1. The lowest BCUT2D eigenvalue weighted by Gasteiger charge is -2.02. The van der Waals surface area contributed by atoms with E-state index in [9.17, 15) is 4.79 Å². The van der Waals surface area contributed by atoms with Gasteiger partial charge in [-0.2, -0.15) is 0 Å². The van der Waals surface area contributed by atoms with Crippen molar-refractivity contribution in [3.8, 4) is 5.88 Å². The number of carbonyl (C=O) groups excluding carboxylic acids is 1. The van der Waals surface area contributed by atoms with E-state index in [1.54, 1.807) is 18.2 Å². The molecule has 2 rings (SSSR count). The second kappa shape index (κ2) is 4.57. The van der Waals surface area contributed by atoms with Crippen LogP contribution in [-0.2, 0) is 0 Å². The molecule has 1 aromatic carbocycles. The third-order valence-corrected chi connectivity index (χ3v) is 2.06. The molecule has 0 bridgehead atoms. The monoisotopic (exact) mass is 212 g/mol. The minimum atomic E-state index is -0.410. The highest BCUT2D eigenvalue weighted by molar-refractivity contribution is 5.90. The summed E-state index contributed by atoms with van der Waals surface area (Å²) in [5, 5.41) is 0. The fraction of sp³-hybridized carbons (Fsp3) is 0.0769. The molecule has 0 N–H and O–H groups in total. The van der Waals surface area contributed by atoms with Crippen LogP contribution in [0.15, 0.2) is 42.6 Å². The first-order valence-corrected chi connectivity index (χ1v) is 4.86. The van der Waals surface area contributed by atoms with Gasteiger partial charge in [-0.3, -0.25) is 0 Å². The van der Waals surface area contributed by atoms with Gasteiger partial charge in [-0.05, 0) is 31.2 Å². The summed E-state index contributed by atoms with van der Waals surface area (Å²) in [5.74, 6) is -0.153. The molecule has 0 aliphatic rings. The van der Waals surface area contributed by atoms with Gasteiger partial charge in [-0.25, -0.2) is 9.78 Å². The second-order valence-electron chi connectivity index (χ2n) is 3.35. The molecule has 16 heavy (non-hydrogen) atoms. The van der Waals surface area contributed by atoms with Crippen molar-refractivity contribution in [3.05, 3.63) is 59.8 Å². The second-order valence-corrected chi connectivity index (χ2v) is 3.35. The van der Waals surface area contributed by atoms with Crippen LogP contribution in [0.3, 0.4) is 0 Å². The zero-order chi connectivity index (χ0) is 11.4. The van der Waals surface area contributed by atoms with Crippen LogP contribution in [0.1, 0.15) is 15.9 Å². The Morgan fingerprint density at radius 3 is 2.69 bits per heavy atom. The first-order valence-electron chi connectivity index (χ1n) is 4.86. The van der Waals surface area contributed by atoms with Gasteiger partial charge < -0.3 is 4.74 Å². The number of esters is 1. The Morgan fingerprint density at radius 1 is 1.31 bits per heavy atom. The van der Waals surface area contributed by atoms with Gasteiger partial charge in [0.25, 0.3) is 0 Å². The number of aryl methyl sites for hydroxylation is 1. The highest BCUT2D eigenvalue weighted by Gasteiger charge is 2.07. The third kappa shape index (κ3) is 2.45. The number of nitrogens with zero attached hydrogens (tertiary/aromatic N) is 1. The van der Waals surface area contributed by atoms with E-state index in [1.807, 2.05) is 19.1 Å². The zero-order valence-electron chi connectivity index (χ0n) is 8.81. The van der Waals surface area contributed by atoms with Crippen molar-refractivity contribution < 1.29 is 9.53 Å². The topological polar surface area (TPSA) is 39.2 Å². The maximum atomic E-state index is 11.6. The number of rotatable bonds is 2. The molecule has 2 aromatic rings. The number of carbonyl (C=O) groups is 1. The van der Waals surface area contributed by atoms with Crippen molar-refractivity contribution in [3.63, 3.8) is 0 Å². The standard InChI is InChI=1S/C13H10NO2/c1-10-5-7-11(8-6-10)13(15)16-12-4-2-3-9-14-12/h3-9H,1H3. The highest BCUT2D eigenvalue weighted by Crippen LogP contribution is 2.09. The Balaban J connectivity index is 2.12. The average Bonchev–Trinajstić information content (AvgIpc) is 2.31. The van der Waals surface area contributed by atoms with Gasteiger partial charge in [0.1, 0.15) is 0 Å². The number of benzene rings is 1. The number of ether oxygens (including phenoxy) is 1. The van der Waals surface area contributed by atoms with E-state index in [1.165, 1.54) is 12.3 Å². The number of hydrogen-bond acceptors (Lipinski definition) is 3. The summed E-state index contributed by atoms with van der Waals surface area (Å²) < 4.78 is 5.06. The summed E-state index contributed by atoms with van der Waals surface area (Å²) in [5.41, 5.74) is 1.61. The van der Waals surface area contributed by atoms with Crippen molar-refractivity contribution in [2.75, 3.05) is 0 Å². The van der Waals surface area contributed by atoms with Crippen LogP contribution >= 0.6 is 0 Å². The largest absolute Gasteiger partial charge is 0.404 e. The highest BCUT2D eigenvalue weighted by atomic mass is 16.5. The van der Waals surface area contributed by atoms with E-state index in [0.717, 1.165) is 5.56 Å². The molecule has 3 heteroatoms. The van der Waals surface area contributed by atoms with Gasteiger partial charge in [0.05, 0.1) is 5.56 Å². The summed E-state index contributed by atoms with van der Waals surface area (Å²) >= 11 is 0. The Kier molecular flexibility index (Phi) is 2.96. The Labute approximate surface area is 93.7 Å². The lowest BCUT2D eigenvalue weighted by Crippen LogP contribution is -2.09. The van der Waals surface area contributed by atoms with Crippen LogP contribution in [0, 0.1) is 13.0 Å². The molecular weight excluding hydrogens is 202 g/mol. The van der Waals surface area contributed by atoms with Gasteiger partial charge in [-0.1, -0.05) is 17.7 Å². The van der Waals surface area contributed by atoms with Gasteiger partial charge in [0.15, 0.2) is 0 Å². The fourth-order valence-electron chi connectivity index (χ4n) is 1.21. The van der Waals surface area contributed by atoms with E-state index < -0.39 is 5.97 Å². The maximum Gasteiger partial charge on any atom is 0.344 e. The van der Waals surface area contributed by atoms with Gasteiger partial charge in [0, 0.05) is 12.3 Å². The molecule has 0 aliphatic carbocycles. The molecule has 0 atom stereocenters. The molecule has 1 radical (unpaired) electrons. The summed E-state index contributed by atoms with van der Waals surface area (Å²) in [6.45, 7) is 1.96. The minimum Gasteiger partial charge on any atom is -0.404 e. The molecule has 1 heterocycles. The summed E-state index contributed by atoms with van der Waals surface area (Å²) in [6.07, 6.45) is 1.53. The van der Waals surface area contributed by atoms with Crippen LogP contribution in [0.2, 0.25) is 0 Å². The van der Waals surface area contributed by atoms with Crippen molar-refractivity contribution >= 4 is 5.97 Å². The lowest BCUT2D eigenvalue weighted by atomic mass is 10.1. The SMILES string of the molecule is Cc1ccc(C(=O)Oc2c[c]ccn2)cc1. The maximum absolute atomic E-state index is 11.6. The Bertz CT molecular complexity index is 477. The van der Waals surface area contributed by atoms with Crippen LogP contribution in [0.5, 0.6) is 5.88 Å². The fourth-order valence-corrected chi connectivity index (χ4v) is 1.21. The predicted molar refractivity (Wildman–Crippen MR) is 59.2 cm³/mol. The molecule has 0 unspecified atom stereocenters. The Hall–Kier alpha value is -2.16. The Morgan fingerprint density at radius 2 is 2.06 bits per heavy atom. The van der Waals surface area contributed by atoms with Crippen molar-refractivity contribution in [1.82, 2.24) is 4.98 Å². The first kappa shape index (κ1) is 10.4. The van der Waals surface area contributed by atoms with E-state index in [2.05, 4.69) is 11.1 Å². The zero-order valence-corrected chi connectivity index (χ0v) is 8.81. The van der Waals surface area contributed by atoms with Crippen LogP contribution in [-0.4, -0.2) is 11.0 Å². The molecule has 0 spiro atoms. The van der Waals surface area contributed by atoms with Crippen LogP contribution in [0.25, 0.3) is 0 Å². The van der Waals surface area contributed by atoms with Crippen LogP contribution in [0.4, 0.5) is 0 Å². The summed E-state index contributed by atoms with van der Waals surface area (Å²) in [7, 11) is 0. The molecule has 0 amide bonds. The van der Waals surface area contributed by atoms with E-state index in [0.29, 0.717) is 5.56 Å². The van der Waals surface area contributed by atoms with E-state index in [4.69, 9.17) is 4.74 Å². The number of aromatic nitrogens is 1. The van der Waals surface area contributed by atoms with E-state index in [-0.39, 0.29) is 5.88 Å². The van der Waals surface area contributed by atoms with Gasteiger partial charge in [-0.15, -0.1) is 0 Å². The number of hydrogen-bond donors (Lipinski definition) is 0. The lowest BCUT2D eigenvalue weighted by molar-refractivity contribution is 0.0727. The molecule has 0 saturated heterocycles. The molecule has 3 nitrogen and oxygen atoms in total. The van der Waals surface area contributed by atoms with E-state index >= 15 is 0 Å². The average molecular weight is 212 g/mol. The number of pyridine rings is 1. The smallest absolute Gasteiger partial charge is 0.344 e. The normalized spacial score (nSPS) is 9.81. The quantitative estimate of drug-likeness (QED) is 0.717. The first-order chi connectivity index (χ1) is 7.75. The van der Waals surface area contributed by atoms with Gasteiger partial charge >= 0.3 is 5.97 Å². The predicted octanol–water partition coefficient (Wildman–Crippen LogP) is 2.41. The van der Waals surface area contributed by atoms with Crippen LogP contribution < -0.4 is 4.74 Å². The molecule has 0 fully saturated rings. The molecule has 1 aromatic heterocycles. The van der Waals surface area contributed by atoms with Crippen molar-refractivity contribution in [2.45, 2.75) is 6.92 Å². The molecular formula is C13H10NO2. The molecule has 0 saturated carbocycles. The van der Waals surface area contributed by atoms with Crippen molar-refractivity contribution in [2.24, 2.45) is 0 Å². The third-order valence-electron chi connectivity index (χ3n) is 2.06. The van der Waals surface area contributed by atoms with Crippen molar-refractivity contribution in [1.29, 1.82) is 0 Å². The summed E-state index contributed by atoms with van der Waals surface area (Å²) in [4.78, 5) is 15.5. The molecule has 79 valence electrons.